The summed E-state index contributed by atoms with van der Waals surface area (Å²) in [4.78, 5) is 8.28. The first-order chi connectivity index (χ1) is 10.9. The molecule has 0 aliphatic carbocycles. The van der Waals surface area contributed by atoms with E-state index in [4.69, 9.17) is 0 Å². The molecule has 0 atom stereocenters. The van der Waals surface area contributed by atoms with Gasteiger partial charge in [-0.25, -0.2) is 14.6 Å². The maximum absolute atomic E-state index is 4.39. The lowest BCUT2D eigenvalue weighted by molar-refractivity contribution is 0.701. The molecule has 1 aliphatic rings. The highest BCUT2D eigenvalue weighted by atomic mass is 15.3. The van der Waals surface area contributed by atoms with Crippen LogP contribution in [0.4, 0.5) is 5.82 Å². The van der Waals surface area contributed by atoms with Crippen LogP contribution in [0, 0.1) is 0 Å². The molecular weight excluding hydrogens is 274 g/mol. The minimum absolute atomic E-state index is 0.713. The molecule has 22 heavy (non-hydrogen) atoms. The molecular formula is C17H25N5. The highest BCUT2D eigenvalue weighted by Crippen LogP contribution is 2.19. The smallest absolute Gasteiger partial charge is 0.137 e. The van der Waals surface area contributed by atoms with Gasteiger partial charge in [-0.05, 0) is 11.6 Å². The third kappa shape index (κ3) is 5.16. The van der Waals surface area contributed by atoms with E-state index in [-0.39, 0.29) is 0 Å². The molecule has 118 valence electrons. The van der Waals surface area contributed by atoms with E-state index in [1.807, 2.05) is 46.0 Å². The van der Waals surface area contributed by atoms with Crippen molar-refractivity contribution in [1.82, 2.24) is 19.7 Å². The molecule has 5 nitrogen and oxygen atoms in total. The Morgan fingerprint density at radius 2 is 2.09 bits per heavy atom. The Morgan fingerprint density at radius 1 is 1.27 bits per heavy atom. The lowest BCUT2D eigenvalue weighted by atomic mass is 10.1. The van der Waals surface area contributed by atoms with Gasteiger partial charge < -0.3 is 5.32 Å². The van der Waals surface area contributed by atoms with E-state index in [0.29, 0.717) is 6.54 Å². The van der Waals surface area contributed by atoms with Gasteiger partial charge in [-0.15, -0.1) is 0 Å². The van der Waals surface area contributed by atoms with Crippen LogP contribution in [0.25, 0.3) is 12.2 Å². The summed E-state index contributed by atoms with van der Waals surface area (Å²) < 4.78 is 1.77. The Bertz CT molecular complexity index is 585. The largest absolute Gasteiger partial charge is 0.366 e. The maximum atomic E-state index is 4.39. The van der Waals surface area contributed by atoms with Crippen LogP contribution < -0.4 is 5.32 Å². The molecule has 0 spiro atoms. The Kier molecular flexibility index (Phi) is 8.27. The van der Waals surface area contributed by atoms with Gasteiger partial charge in [-0.2, -0.15) is 5.10 Å². The van der Waals surface area contributed by atoms with Gasteiger partial charge in [0.05, 0.1) is 6.54 Å². The highest BCUT2D eigenvalue weighted by molar-refractivity contribution is 5.69. The number of rotatable bonds is 3. The molecule has 0 radical (unpaired) electrons. The van der Waals surface area contributed by atoms with Crippen molar-refractivity contribution >= 4 is 18.0 Å². The average Bonchev–Trinajstić information content (AvgIpc) is 3.12. The van der Waals surface area contributed by atoms with Crippen LogP contribution in [0.15, 0.2) is 37.1 Å². The molecule has 1 aliphatic heterocycles. The summed E-state index contributed by atoms with van der Waals surface area (Å²) >= 11 is 0. The first-order valence-electron chi connectivity index (χ1n) is 7.81. The number of fused-ring (bicyclic) bond motifs is 1. The first kappa shape index (κ1) is 17.6. The molecule has 3 rings (SSSR count). The molecule has 5 heteroatoms. The fraction of sp³-hybridized carbons (Fsp3) is 0.353. The summed E-state index contributed by atoms with van der Waals surface area (Å²) in [7, 11) is 0. The van der Waals surface area contributed by atoms with Crippen molar-refractivity contribution in [2.45, 2.75) is 34.2 Å². The number of aromatic nitrogens is 4. The summed E-state index contributed by atoms with van der Waals surface area (Å²) in [5.74, 6) is 0.950. The summed E-state index contributed by atoms with van der Waals surface area (Å²) in [6.45, 7) is 9.56. The second-order valence-electron chi connectivity index (χ2n) is 4.01. The van der Waals surface area contributed by atoms with Crippen molar-refractivity contribution in [2.24, 2.45) is 0 Å². The minimum atomic E-state index is 0.713. The first-order valence-corrected chi connectivity index (χ1v) is 7.81. The number of hydrogen-bond acceptors (Lipinski definition) is 4. The zero-order chi connectivity index (χ0) is 16.2. The van der Waals surface area contributed by atoms with Crippen molar-refractivity contribution in [1.29, 1.82) is 0 Å². The van der Waals surface area contributed by atoms with Crippen molar-refractivity contribution < 1.29 is 0 Å². The predicted molar refractivity (Wildman–Crippen MR) is 93.5 cm³/mol. The number of anilines is 1. The molecule has 0 saturated heterocycles. The van der Waals surface area contributed by atoms with E-state index < -0.39 is 0 Å². The Morgan fingerprint density at radius 3 is 2.82 bits per heavy atom. The second kappa shape index (κ2) is 10.3. The van der Waals surface area contributed by atoms with E-state index >= 15 is 0 Å². The Labute approximate surface area is 132 Å². The van der Waals surface area contributed by atoms with Crippen molar-refractivity contribution in [3.05, 3.63) is 48.2 Å². The molecule has 2 aromatic heterocycles. The molecule has 0 unspecified atom stereocenters. The number of nitrogens with one attached hydrogen (secondary N) is 1. The fourth-order valence-corrected chi connectivity index (χ4v) is 1.83. The van der Waals surface area contributed by atoms with Gasteiger partial charge in [0.25, 0.3) is 0 Å². The van der Waals surface area contributed by atoms with E-state index in [2.05, 4.69) is 38.6 Å². The monoisotopic (exact) mass is 299 g/mol. The summed E-state index contributed by atoms with van der Waals surface area (Å²) in [5, 5.41) is 7.26. The molecule has 0 amide bonds. The highest BCUT2D eigenvalue weighted by Gasteiger charge is 2.04. The van der Waals surface area contributed by atoms with Crippen LogP contribution in [0.2, 0.25) is 0 Å². The van der Waals surface area contributed by atoms with E-state index in [1.54, 1.807) is 11.0 Å². The zero-order valence-corrected chi connectivity index (χ0v) is 13.8. The van der Waals surface area contributed by atoms with Crippen LogP contribution in [-0.4, -0.2) is 26.3 Å². The Hall–Kier alpha value is -2.43. The second-order valence-corrected chi connectivity index (χ2v) is 4.01. The standard InChI is InChI=1S/C13H13N5.2C2H6/c1-4-12-7-11(8-16-13(12)15-5-1)3-2-6-18-10-14-9-17-18;2*1-2/h1-4,7-10H,5-6H2,(H,15,16);2*1-2H3. The molecule has 0 saturated carbocycles. The van der Waals surface area contributed by atoms with Crippen LogP contribution in [-0.2, 0) is 6.54 Å². The molecule has 0 fully saturated rings. The minimum Gasteiger partial charge on any atom is -0.366 e. The summed E-state index contributed by atoms with van der Waals surface area (Å²) in [5.41, 5.74) is 2.21. The van der Waals surface area contributed by atoms with Crippen molar-refractivity contribution in [2.75, 3.05) is 11.9 Å². The SMILES string of the molecule is C1=Cc2cc(C=CCn3cncn3)cnc2NC1.CC.CC. The van der Waals surface area contributed by atoms with E-state index in [0.717, 1.165) is 23.5 Å². The van der Waals surface area contributed by atoms with Crippen LogP contribution in [0.1, 0.15) is 38.8 Å². The predicted octanol–water partition coefficient (Wildman–Crippen LogP) is 3.88. The normalized spacial score (nSPS) is 11.6. The van der Waals surface area contributed by atoms with Crippen molar-refractivity contribution in [3.8, 4) is 0 Å². The summed E-state index contributed by atoms with van der Waals surface area (Å²) in [6.07, 6.45) is 13.4. The van der Waals surface area contributed by atoms with Gasteiger partial charge >= 0.3 is 0 Å². The van der Waals surface area contributed by atoms with Gasteiger partial charge in [-0.3, -0.25) is 0 Å². The topological polar surface area (TPSA) is 55.6 Å². The van der Waals surface area contributed by atoms with Gasteiger partial charge in [0.2, 0.25) is 0 Å². The molecule has 3 heterocycles. The Balaban J connectivity index is 0.000000561. The average molecular weight is 299 g/mol. The van der Waals surface area contributed by atoms with Gasteiger partial charge in [-0.1, -0.05) is 52.0 Å². The maximum Gasteiger partial charge on any atom is 0.137 e. The lowest BCUT2D eigenvalue weighted by Gasteiger charge is -2.11. The number of hydrogen-bond donors (Lipinski definition) is 1. The van der Waals surface area contributed by atoms with Gasteiger partial charge in [0.1, 0.15) is 18.5 Å². The lowest BCUT2D eigenvalue weighted by Crippen LogP contribution is -2.06. The molecule has 2 aromatic rings. The molecule has 1 N–H and O–H groups in total. The third-order valence-electron chi connectivity index (χ3n) is 2.69. The number of pyridine rings is 1. The van der Waals surface area contributed by atoms with Crippen LogP contribution in [0.5, 0.6) is 0 Å². The molecule has 0 aromatic carbocycles. The van der Waals surface area contributed by atoms with Gasteiger partial charge in [0.15, 0.2) is 0 Å². The van der Waals surface area contributed by atoms with Gasteiger partial charge in [0, 0.05) is 18.3 Å². The third-order valence-corrected chi connectivity index (χ3v) is 2.69. The number of nitrogens with zero attached hydrogens (tertiary/aromatic N) is 4. The van der Waals surface area contributed by atoms with Crippen molar-refractivity contribution in [3.63, 3.8) is 0 Å². The van der Waals surface area contributed by atoms with E-state index in [9.17, 15) is 0 Å². The zero-order valence-electron chi connectivity index (χ0n) is 13.8. The summed E-state index contributed by atoms with van der Waals surface area (Å²) in [6, 6.07) is 2.11. The van der Waals surface area contributed by atoms with Crippen LogP contribution >= 0.6 is 0 Å². The molecule has 0 bridgehead atoms. The quantitative estimate of drug-likeness (QED) is 0.934. The van der Waals surface area contributed by atoms with E-state index in [1.165, 1.54) is 6.33 Å². The fourth-order valence-electron chi connectivity index (χ4n) is 1.83. The number of allylic oxidation sites excluding steroid dienone is 1. The van der Waals surface area contributed by atoms with Crippen LogP contribution in [0.3, 0.4) is 0 Å².